The normalized spacial score (nSPS) is 20.7. The van der Waals surface area contributed by atoms with Crippen LogP contribution in [0.2, 0.25) is 0 Å². The number of aryl methyl sites for hydroxylation is 1. The molecular weight excluding hydrogens is 170 g/mol. The average Bonchev–Trinajstić information content (AvgIpc) is 2.03. The van der Waals surface area contributed by atoms with Gasteiger partial charge in [0.25, 0.3) is 0 Å². The number of hydrogen-bond donors (Lipinski definition) is 0. The van der Waals surface area contributed by atoms with Crippen molar-refractivity contribution in [3.63, 3.8) is 0 Å². The molecule has 0 radical (unpaired) electrons. The molecule has 1 aliphatic heterocycles. The van der Waals surface area contributed by atoms with Crippen LogP contribution >= 0.6 is 11.8 Å². The van der Waals surface area contributed by atoms with Crippen molar-refractivity contribution in [3.8, 4) is 0 Å². The number of fused-ring (bicyclic) bond motifs is 1. The Bertz CT molecular complexity index is 335. The minimum atomic E-state index is 0.423. The van der Waals surface area contributed by atoms with E-state index in [0.717, 1.165) is 16.5 Å². The van der Waals surface area contributed by atoms with Crippen LogP contribution in [-0.2, 0) is 0 Å². The molecule has 2 rings (SSSR count). The third-order valence-corrected chi connectivity index (χ3v) is 2.59. The van der Waals surface area contributed by atoms with Crippen LogP contribution in [-0.4, -0.2) is 21.4 Å². The van der Waals surface area contributed by atoms with Gasteiger partial charge in [-0.05, 0) is 13.8 Å². The summed E-state index contributed by atoms with van der Waals surface area (Å²) in [6.45, 7) is 4.00. The van der Waals surface area contributed by atoms with Crippen LogP contribution in [0.25, 0.3) is 0 Å². The Morgan fingerprint density at radius 3 is 3.17 bits per heavy atom. The smallest absolute Gasteiger partial charge is 0.126 e. The molecule has 3 nitrogen and oxygen atoms in total. The van der Waals surface area contributed by atoms with Crippen LogP contribution < -0.4 is 0 Å². The summed E-state index contributed by atoms with van der Waals surface area (Å²) in [5.74, 6) is 0.811. The number of hydrogen-bond acceptors (Lipinski definition) is 4. The maximum absolute atomic E-state index is 4.30. The number of nitrogens with zero attached hydrogens (tertiary/aromatic N) is 3. The first-order valence-corrected chi connectivity index (χ1v) is 4.68. The van der Waals surface area contributed by atoms with E-state index in [1.54, 1.807) is 18.0 Å². The Balaban J connectivity index is 2.47. The second kappa shape index (κ2) is 2.86. The van der Waals surface area contributed by atoms with Crippen molar-refractivity contribution >= 4 is 23.7 Å². The summed E-state index contributed by atoms with van der Waals surface area (Å²) in [4.78, 5) is 12.6. The first-order valence-electron chi connectivity index (χ1n) is 3.80. The third-order valence-electron chi connectivity index (χ3n) is 1.58. The van der Waals surface area contributed by atoms with Gasteiger partial charge in [0.15, 0.2) is 0 Å². The highest BCUT2D eigenvalue weighted by Gasteiger charge is 2.13. The second-order valence-electron chi connectivity index (χ2n) is 2.71. The van der Waals surface area contributed by atoms with Crippen molar-refractivity contribution in [3.05, 3.63) is 12.0 Å². The van der Waals surface area contributed by atoms with Crippen molar-refractivity contribution in [2.24, 2.45) is 4.99 Å². The molecule has 1 aromatic heterocycles. The van der Waals surface area contributed by atoms with Crippen molar-refractivity contribution in [2.75, 3.05) is 0 Å². The predicted molar refractivity (Wildman–Crippen MR) is 50.2 cm³/mol. The largest absolute Gasteiger partial charge is 0.256 e. The summed E-state index contributed by atoms with van der Waals surface area (Å²) in [6.07, 6.45) is 3.69. The molecule has 1 aliphatic rings. The molecule has 0 saturated heterocycles. The first kappa shape index (κ1) is 7.73. The maximum Gasteiger partial charge on any atom is 0.126 e. The quantitative estimate of drug-likeness (QED) is 0.571. The van der Waals surface area contributed by atoms with Crippen molar-refractivity contribution in [2.45, 2.75) is 24.1 Å². The van der Waals surface area contributed by atoms with Crippen LogP contribution in [0.3, 0.4) is 0 Å². The SMILES string of the molecule is Cc1ncc2c(n1)SC(C)C=N2. The fraction of sp³-hybridized carbons (Fsp3) is 0.375. The van der Waals surface area contributed by atoms with Gasteiger partial charge in [-0.3, -0.25) is 4.99 Å². The van der Waals surface area contributed by atoms with E-state index in [2.05, 4.69) is 21.9 Å². The zero-order valence-electron chi connectivity index (χ0n) is 6.98. The molecule has 12 heavy (non-hydrogen) atoms. The highest BCUT2D eigenvalue weighted by Crippen LogP contribution is 2.32. The van der Waals surface area contributed by atoms with E-state index in [4.69, 9.17) is 0 Å². The molecule has 0 spiro atoms. The van der Waals surface area contributed by atoms with E-state index in [1.807, 2.05) is 13.1 Å². The highest BCUT2D eigenvalue weighted by molar-refractivity contribution is 8.00. The highest BCUT2D eigenvalue weighted by atomic mass is 32.2. The lowest BCUT2D eigenvalue weighted by molar-refractivity contribution is 0.959. The van der Waals surface area contributed by atoms with Crippen LogP contribution in [0.5, 0.6) is 0 Å². The number of thioether (sulfide) groups is 1. The van der Waals surface area contributed by atoms with E-state index < -0.39 is 0 Å². The van der Waals surface area contributed by atoms with Gasteiger partial charge in [0.1, 0.15) is 16.5 Å². The van der Waals surface area contributed by atoms with Crippen LogP contribution in [0.4, 0.5) is 5.69 Å². The van der Waals surface area contributed by atoms with E-state index in [-0.39, 0.29) is 0 Å². The molecule has 4 heteroatoms. The summed E-state index contributed by atoms with van der Waals surface area (Å²) in [5, 5.41) is 1.42. The third kappa shape index (κ3) is 1.34. The zero-order chi connectivity index (χ0) is 8.55. The Hall–Kier alpha value is -0.900. The first-order chi connectivity index (χ1) is 5.75. The van der Waals surface area contributed by atoms with E-state index in [0.29, 0.717) is 5.25 Å². The van der Waals surface area contributed by atoms with Crippen molar-refractivity contribution in [1.29, 1.82) is 0 Å². The molecule has 0 N–H and O–H groups in total. The molecule has 0 saturated carbocycles. The Morgan fingerprint density at radius 1 is 1.50 bits per heavy atom. The number of aromatic nitrogens is 2. The second-order valence-corrected chi connectivity index (χ2v) is 4.07. The van der Waals surface area contributed by atoms with E-state index >= 15 is 0 Å². The topological polar surface area (TPSA) is 38.1 Å². The lowest BCUT2D eigenvalue weighted by Crippen LogP contribution is -2.03. The standard InChI is InChI=1S/C8H9N3S/c1-5-3-10-7-4-9-6(2)11-8(7)12-5/h3-5H,1-2H3. The van der Waals surface area contributed by atoms with Crippen molar-refractivity contribution < 1.29 is 0 Å². The maximum atomic E-state index is 4.30. The van der Waals surface area contributed by atoms with Gasteiger partial charge in [-0.25, -0.2) is 9.97 Å². The molecular formula is C8H9N3S. The van der Waals surface area contributed by atoms with Crippen LogP contribution in [0.1, 0.15) is 12.7 Å². The summed E-state index contributed by atoms with van der Waals surface area (Å²) in [5.41, 5.74) is 0.892. The molecule has 1 aromatic rings. The Morgan fingerprint density at radius 2 is 2.33 bits per heavy atom. The summed E-state index contributed by atoms with van der Waals surface area (Å²) in [7, 11) is 0. The molecule has 0 fully saturated rings. The van der Waals surface area contributed by atoms with Gasteiger partial charge in [-0.15, -0.1) is 0 Å². The monoisotopic (exact) mass is 179 g/mol. The minimum Gasteiger partial charge on any atom is -0.256 e. The molecule has 1 atom stereocenters. The van der Waals surface area contributed by atoms with Crippen LogP contribution in [0, 0.1) is 6.92 Å². The number of rotatable bonds is 0. The van der Waals surface area contributed by atoms with Crippen LogP contribution in [0.15, 0.2) is 16.2 Å². The van der Waals surface area contributed by atoms with Gasteiger partial charge in [-0.1, -0.05) is 11.8 Å². The number of aliphatic imine (C=N–C) groups is 1. The lowest BCUT2D eigenvalue weighted by atomic mass is 10.4. The van der Waals surface area contributed by atoms with Gasteiger partial charge in [0.05, 0.1) is 6.20 Å². The molecule has 62 valence electrons. The van der Waals surface area contributed by atoms with Gasteiger partial charge < -0.3 is 0 Å². The fourth-order valence-electron chi connectivity index (χ4n) is 1.01. The van der Waals surface area contributed by atoms with Gasteiger partial charge in [0, 0.05) is 11.5 Å². The minimum absolute atomic E-state index is 0.423. The molecule has 0 amide bonds. The molecule has 0 aliphatic carbocycles. The van der Waals surface area contributed by atoms with E-state index in [1.165, 1.54) is 0 Å². The van der Waals surface area contributed by atoms with Crippen molar-refractivity contribution in [1.82, 2.24) is 9.97 Å². The molecule has 0 bridgehead atoms. The van der Waals surface area contributed by atoms with Gasteiger partial charge in [0.2, 0.25) is 0 Å². The zero-order valence-corrected chi connectivity index (χ0v) is 7.80. The average molecular weight is 179 g/mol. The molecule has 0 aromatic carbocycles. The summed E-state index contributed by atoms with van der Waals surface area (Å²) >= 11 is 1.73. The summed E-state index contributed by atoms with van der Waals surface area (Å²) < 4.78 is 0. The fourth-order valence-corrected chi connectivity index (χ4v) is 1.89. The predicted octanol–water partition coefficient (Wildman–Crippen LogP) is 1.98. The molecule has 2 heterocycles. The summed E-state index contributed by atoms with van der Waals surface area (Å²) in [6, 6.07) is 0. The van der Waals surface area contributed by atoms with E-state index in [9.17, 15) is 0 Å². The van der Waals surface area contributed by atoms with Gasteiger partial charge in [-0.2, -0.15) is 0 Å². The van der Waals surface area contributed by atoms with Gasteiger partial charge >= 0.3 is 0 Å². The Kier molecular flexibility index (Phi) is 1.84. The Labute approximate surface area is 75.3 Å². The molecule has 1 unspecified atom stereocenters. The lowest BCUT2D eigenvalue weighted by Gasteiger charge is -2.12.